The van der Waals surface area contributed by atoms with Crippen LogP contribution in [0.2, 0.25) is 0 Å². The number of fused-ring (bicyclic) bond motifs is 2. The lowest BCUT2D eigenvalue weighted by atomic mass is 9.96. The summed E-state index contributed by atoms with van der Waals surface area (Å²) in [4.78, 5) is 24.8. The van der Waals surface area contributed by atoms with Gasteiger partial charge in [-0.3, -0.25) is 9.59 Å². The lowest BCUT2D eigenvalue weighted by Gasteiger charge is -2.12. The Morgan fingerprint density at radius 2 is 0.792 bits per heavy atom. The molecule has 8 heteroatoms. The van der Waals surface area contributed by atoms with Crippen LogP contribution in [0.4, 0.5) is 0 Å². The van der Waals surface area contributed by atoms with E-state index in [1.54, 1.807) is 60.9 Å². The van der Waals surface area contributed by atoms with Gasteiger partial charge in [-0.15, -0.1) is 0 Å². The summed E-state index contributed by atoms with van der Waals surface area (Å²) in [5, 5.41) is 15.9. The molecular formula is C40H24O2S6. The van der Waals surface area contributed by atoms with Crippen molar-refractivity contribution in [2.75, 3.05) is 0 Å². The first-order valence-corrected chi connectivity index (χ1v) is 19.9. The average molecular weight is 729 g/mol. The molecule has 0 unspecified atom stereocenters. The van der Waals surface area contributed by atoms with Crippen molar-refractivity contribution in [2.24, 2.45) is 0 Å². The quantitative estimate of drug-likeness (QED) is 0.101. The van der Waals surface area contributed by atoms with Crippen molar-refractivity contribution in [3.05, 3.63) is 139 Å². The molecule has 0 atom stereocenters. The van der Waals surface area contributed by atoms with E-state index < -0.39 is 0 Å². The second kappa shape index (κ2) is 14.9. The van der Waals surface area contributed by atoms with E-state index in [-0.39, 0.29) is 10.2 Å². The second-order valence-electron chi connectivity index (χ2n) is 10.6. The fourth-order valence-electron chi connectivity index (χ4n) is 5.31. The van der Waals surface area contributed by atoms with E-state index in [0.29, 0.717) is 0 Å². The molecule has 0 bridgehead atoms. The van der Waals surface area contributed by atoms with Crippen molar-refractivity contribution in [3.63, 3.8) is 0 Å². The summed E-state index contributed by atoms with van der Waals surface area (Å²) in [7, 11) is 0. The number of benzene rings is 5. The molecule has 0 fully saturated rings. The Labute approximate surface area is 304 Å². The van der Waals surface area contributed by atoms with Crippen molar-refractivity contribution in [1.29, 1.82) is 0 Å². The normalized spacial score (nSPS) is 13.5. The third kappa shape index (κ3) is 7.51. The summed E-state index contributed by atoms with van der Waals surface area (Å²) < 4.78 is 2.50. The summed E-state index contributed by atoms with van der Waals surface area (Å²) in [5.41, 5.74) is 3.70. The van der Waals surface area contributed by atoms with Gasteiger partial charge in [0.2, 0.25) is 0 Å². The molecule has 0 aromatic heterocycles. The van der Waals surface area contributed by atoms with E-state index >= 15 is 0 Å². The number of carbonyl (C=O) groups is 2. The zero-order valence-corrected chi connectivity index (χ0v) is 30.6. The summed E-state index contributed by atoms with van der Waals surface area (Å²) >= 11 is 9.49. The summed E-state index contributed by atoms with van der Waals surface area (Å²) in [5.74, 6) is 13.4. The van der Waals surface area contributed by atoms with Crippen LogP contribution < -0.4 is 10.4 Å². The SMILES string of the molecule is CC(=O)Sc1ccc(C#Cc2ccc3c(=C4SC=CS4)c4cc(C#Cc5ccc(SC(C)=O)cc5)ccc4c(=C4SC=CS4)c3c2)cc1. The van der Waals surface area contributed by atoms with Gasteiger partial charge >= 0.3 is 0 Å². The largest absolute Gasteiger partial charge is 0.287 e. The minimum absolute atomic E-state index is 0.0691. The van der Waals surface area contributed by atoms with Gasteiger partial charge in [-0.2, -0.15) is 0 Å². The highest BCUT2D eigenvalue weighted by Crippen LogP contribution is 2.41. The van der Waals surface area contributed by atoms with Crippen LogP contribution in [0.1, 0.15) is 36.1 Å². The van der Waals surface area contributed by atoms with Crippen molar-refractivity contribution in [2.45, 2.75) is 23.6 Å². The highest BCUT2D eigenvalue weighted by atomic mass is 32.2. The highest BCUT2D eigenvalue weighted by molar-refractivity contribution is 8.35. The summed E-state index contributed by atoms with van der Waals surface area (Å²) in [6.45, 7) is 3.15. The van der Waals surface area contributed by atoms with Crippen molar-refractivity contribution >= 4 is 111 Å². The predicted octanol–water partition coefficient (Wildman–Crippen LogP) is 10.1. The molecule has 2 aliphatic rings. The van der Waals surface area contributed by atoms with Crippen LogP contribution in [0.5, 0.6) is 0 Å². The molecule has 2 heterocycles. The first kappa shape index (κ1) is 32.9. The number of carbonyl (C=O) groups excluding carboxylic acids is 2. The maximum absolute atomic E-state index is 11.5. The molecule has 0 aliphatic carbocycles. The maximum Gasteiger partial charge on any atom is 0.190 e. The molecule has 2 nitrogen and oxygen atoms in total. The molecule has 0 saturated heterocycles. The molecule has 0 saturated carbocycles. The summed E-state index contributed by atoms with van der Waals surface area (Å²) in [6.07, 6.45) is 0. The van der Waals surface area contributed by atoms with E-state index in [2.05, 4.69) is 81.7 Å². The lowest BCUT2D eigenvalue weighted by molar-refractivity contribution is -0.109. The van der Waals surface area contributed by atoms with Gasteiger partial charge in [0.05, 0.1) is 8.47 Å². The summed E-state index contributed by atoms with van der Waals surface area (Å²) in [6, 6.07) is 28.7. The van der Waals surface area contributed by atoms with Crippen LogP contribution in [-0.4, -0.2) is 10.2 Å². The molecule has 5 aromatic rings. The van der Waals surface area contributed by atoms with Crippen LogP contribution in [-0.2, 0) is 9.59 Å². The third-order valence-corrected chi connectivity index (χ3v) is 13.1. The molecule has 2 aliphatic heterocycles. The number of thioether (sulfide) groups is 6. The van der Waals surface area contributed by atoms with E-state index in [1.807, 2.05) is 48.5 Å². The van der Waals surface area contributed by atoms with Gasteiger partial charge in [0.15, 0.2) is 10.2 Å². The van der Waals surface area contributed by atoms with Gasteiger partial charge in [0.25, 0.3) is 0 Å². The lowest BCUT2D eigenvalue weighted by Crippen LogP contribution is -2.17. The molecule has 7 rings (SSSR count). The van der Waals surface area contributed by atoms with Gasteiger partial charge in [-0.25, -0.2) is 0 Å². The molecule has 232 valence electrons. The van der Waals surface area contributed by atoms with E-state index in [0.717, 1.165) is 32.0 Å². The van der Waals surface area contributed by atoms with Crippen LogP contribution in [0.15, 0.2) is 116 Å². The molecular weight excluding hydrogens is 705 g/mol. The Morgan fingerprint density at radius 3 is 1.15 bits per heavy atom. The first-order valence-electron chi connectivity index (χ1n) is 14.8. The van der Waals surface area contributed by atoms with Gasteiger partial charge < -0.3 is 0 Å². The molecule has 0 N–H and O–H groups in total. The Morgan fingerprint density at radius 1 is 0.458 bits per heavy atom. The second-order valence-corrected chi connectivity index (χ2v) is 17.3. The topological polar surface area (TPSA) is 34.1 Å². The monoisotopic (exact) mass is 728 g/mol. The van der Waals surface area contributed by atoms with E-state index in [4.69, 9.17) is 0 Å². The Kier molecular flexibility index (Phi) is 10.2. The van der Waals surface area contributed by atoms with Crippen molar-refractivity contribution in [1.82, 2.24) is 0 Å². The van der Waals surface area contributed by atoms with Gasteiger partial charge in [-0.1, -0.05) is 106 Å². The zero-order chi connectivity index (χ0) is 33.0. The Balaban J connectivity index is 1.37. The third-order valence-electron chi connectivity index (χ3n) is 7.27. The molecule has 0 amide bonds. The highest BCUT2D eigenvalue weighted by Gasteiger charge is 2.16. The fourth-order valence-corrected chi connectivity index (χ4v) is 10.4. The Hall–Kier alpha value is -3.60. The van der Waals surface area contributed by atoms with Crippen LogP contribution in [0, 0.1) is 23.7 Å². The van der Waals surface area contributed by atoms with Gasteiger partial charge in [-0.05, 0) is 116 Å². The predicted molar refractivity (Wildman–Crippen MR) is 214 cm³/mol. The van der Waals surface area contributed by atoms with Crippen molar-refractivity contribution in [3.8, 4) is 23.7 Å². The standard InChI is InChI=1S/C40H24O2S6/c1-25(41)47-31-13-7-27(8-14-31)3-5-29-11-17-33-35(23-29)37(39-43-19-20-44-39)34-18-12-30(24-36(34)38(33)40-45-21-22-46-40)6-4-28-9-15-32(16-10-28)48-26(2)42/h7-24H,1-2H3. The maximum atomic E-state index is 11.5. The minimum atomic E-state index is 0.0691. The molecule has 0 spiro atoms. The average Bonchev–Trinajstić information content (AvgIpc) is 3.81. The molecule has 5 aromatic carbocycles. The number of hydrogen-bond donors (Lipinski definition) is 0. The fraction of sp³-hybridized carbons (Fsp3) is 0.0500. The van der Waals surface area contributed by atoms with Crippen LogP contribution in [0.25, 0.3) is 30.0 Å². The van der Waals surface area contributed by atoms with Crippen LogP contribution in [0.3, 0.4) is 0 Å². The number of hydrogen-bond acceptors (Lipinski definition) is 8. The van der Waals surface area contributed by atoms with Gasteiger partial charge in [0.1, 0.15) is 0 Å². The number of rotatable bonds is 2. The van der Waals surface area contributed by atoms with E-state index in [1.165, 1.54) is 64.0 Å². The van der Waals surface area contributed by atoms with E-state index in [9.17, 15) is 9.59 Å². The first-order chi connectivity index (χ1) is 23.4. The Bertz CT molecular complexity index is 2260. The van der Waals surface area contributed by atoms with Crippen LogP contribution >= 0.6 is 70.6 Å². The van der Waals surface area contributed by atoms with Crippen molar-refractivity contribution < 1.29 is 9.59 Å². The smallest absolute Gasteiger partial charge is 0.190 e. The molecule has 0 radical (unpaired) electrons. The zero-order valence-electron chi connectivity index (χ0n) is 25.7. The minimum Gasteiger partial charge on any atom is -0.287 e. The molecule has 48 heavy (non-hydrogen) atoms. The van der Waals surface area contributed by atoms with Gasteiger partial charge in [0, 0.05) is 56.3 Å².